The molecule has 0 saturated heterocycles. The van der Waals surface area contributed by atoms with Gasteiger partial charge in [0.05, 0.1) is 0 Å². The molecule has 1 N–H and O–H groups in total. The standard InChI is InChI=1S/C16H17N5O2S/c1-21(2)9-8-14-18-19-16(24-14)17-15(22)13-10-12(20-23-13)11-6-4-3-5-7-11/h3-7,10H,8-9H2,1-2H3,(H,17,19,22). The van der Waals surface area contributed by atoms with Crippen molar-refractivity contribution in [2.75, 3.05) is 26.0 Å². The molecule has 2 heterocycles. The molecule has 1 amide bonds. The number of benzene rings is 1. The van der Waals surface area contributed by atoms with Crippen LogP contribution in [0.5, 0.6) is 0 Å². The van der Waals surface area contributed by atoms with Crippen LogP contribution in [0.2, 0.25) is 0 Å². The fraction of sp³-hybridized carbons (Fsp3) is 0.250. The second-order valence-corrected chi connectivity index (χ2v) is 6.51. The van der Waals surface area contributed by atoms with E-state index < -0.39 is 0 Å². The van der Waals surface area contributed by atoms with Gasteiger partial charge in [-0.15, -0.1) is 10.2 Å². The minimum atomic E-state index is -0.389. The number of hydrogen-bond donors (Lipinski definition) is 1. The molecular formula is C16H17N5O2S. The van der Waals surface area contributed by atoms with Gasteiger partial charge in [0.25, 0.3) is 5.91 Å². The van der Waals surface area contributed by atoms with Gasteiger partial charge in [0.2, 0.25) is 10.9 Å². The van der Waals surface area contributed by atoms with E-state index in [0.29, 0.717) is 10.8 Å². The van der Waals surface area contributed by atoms with Gasteiger partial charge in [-0.25, -0.2) is 0 Å². The number of aromatic nitrogens is 3. The summed E-state index contributed by atoms with van der Waals surface area (Å²) in [6.45, 7) is 0.880. The molecule has 0 saturated carbocycles. The van der Waals surface area contributed by atoms with E-state index in [2.05, 4.69) is 25.6 Å². The molecule has 24 heavy (non-hydrogen) atoms. The first-order chi connectivity index (χ1) is 11.6. The molecule has 0 radical (unpaired) electrons. The first-order valence-electron chi connectivity index (χ1n) is 7.42. The van der Waals surface area contributed by atoms with Gasteiger partial charge in [-0.05, 0) is 14.1 Å². The fourth-order valence-corrected chi connectivity index (χ4v) is 2.73. The fourth-order valence-electron chi connectivity index (χ4n) is 2.01. The summed E-state index contributed by atoms with van der Waals surface area (Å²) < 4.78 is 5.13. The van der Waals surface area contributed by atoms with Crippen LogP contribution in [0.15, 0.2) is 40.9 Å². The molecule has 1 aromatic carbocycles. The molecule has 3 rings (SSSR count). The normalized spacial score (nSPS) is 11.0. The Labute approximate surface area is 143 Å². The van der Waals surface area contributed by atoms with Gasteiger partial charge in [0, 0.05) is 24.6 Å². The molecule has 0 spiro atoms. The van der Waals surface area contributed by atoms with Crippen molar-refractivity contribution < 1.29 is 9.32 Å². The van der Waals surface area contributed by atoms with E-state index in [1.165, 1.54) is 11.3 Å². The predicted molar refractivity (Wildman–Crippen MR) is 92.1 cm³/mol. The Morgan fingerprint density at radius 2 is 2.04 bits per heavy atom. The van der Waals surface area contributed by atoms with Gasteiger partial charge < -0.3 is 9.42 Å². The molecule has 0 unspecified atom stereocenters. The first-order valence-corrected chi connectivity index (χ1v) is 8.24. The minimum Gasteiger partial charge on any atom is -0.350 e. The highest BCUT2D eigenvalue weighted by Crippen LogP contribution is 2.20. The predicted octanol–water partition coefficient (Wildman–Crippen LogP) is 2.55. The van der Waals surface area contributed by atoms with Gasteiger partial charge in [-0.1, -0.05) is 46.8 Å². The van der Waals surface area contributed by atoms with Crippen LogP contribution in [0.4, 0.5) is 5.13 Å². The van der Waals surface area contributed by atoms with Crippen molar-refractivity contribution in [2.45, 2.75) is 6.42 Å². The number of amides is 1. The Balaban J connectivity index is 1.64. The molecule has 0 atom stereocenters. The lowest BCUT2D eigenvalue weighted by molar-refractivity contribution is 0.0988. The number of nitrogens with one attached hydrogen (secondary N) is 1. The summed E-state index contributed by atoms with van der Waals surface area (Å²) in [5, 5.41) is 16.0. The van der Waals surface area contributed by atoms with Crippen LogP contribution in [0.3, 0.4) is 0 Å². The zero-order chi connectivity index (χ0) is 16.9. The number of carbonyl (C=O) groups excluding carboxylic acids is 1. The molecule has 0 aliphatic heterocycles. The molecule has 0 aliphatic rings. The van der Waals surface area contributed by atoms with E-state index in [1.807, 2.05) is 44.4 Å². The summed E-state index contributed by atoms with van der Waals surface area (Å²) in [4.78, 5) is 14.3. The van der Waals surface area contributed by atoms with E-state index in [0.717, 1.165) is 23.5 Å². The van der Waals surface area contributed by atoms with Crippen molar-refractivity contribution in [2.24, 2.45) is 0 Å². The lowest BCUT2D eigenvalue weighted by Gasteiger charge is -2.05. The highest BCUT2D eigenvalue weighted by molar-refractivity contribution is 7.15. The van der Waals surface area contributed by atoms with E-state index in [1.54, 1.807) is 6.07 Å². The zero-order valence-corrected chi connectivity index (χ0v) is 14.2. The third-order valence-corrected chi connectivity index (χ3v) is 4.16. The van der Waals surface area contributed by atoms with E-state index in [4.69, 9.17) is 4.52 Å². The highest BCUT2D eigenvalue weighted by Gasteiger charge is 2.16. The van der Waals surface area contributed by atoms with Crippen LogP contribution in [0, 0.1) is 0 Å². The summed E-state index contributed by atoms with van der Waals surface area (Å²) in [5.74, 6) is -0.251. The van der Waals surface area contributed by atoms with Crippen molar-refractivity contribution in [3.8, 4) is 11.3 Å². The van der Waals surface area contributed by atoms with Crippen molar-refractivity contribution in [3.63, 3.8) is 0 Å². The van der Waals surface area contributed by atoms with Crippen LogP contribution in [0.1, 0.15) is 15.6 Å². The summed E-state index contributed by atoms with van der Waals surface area (Å²) in [7, 11) is 4.00. The zero-order valence-electron chi connectivity index (χ0n) is 13.4. The van der Waals surface area contributed by atoms with Crippen LogP contribution >= 0.6 is 11.3 Å². The van der Waals surface area contributed by atoms with Crippen LogP contribution in [0.25, 0.3) is 11.3 Å². The molecule has 2 aromatic heterocycles. The maximum atomic E-state index is 12.2. The van der Waals surface area contributed by atoms with Crippen LogP contribution in [-0.2, 0) is 6.42 Å². The Bertz CT molecular complexity index is 813. The van der Waals surface area contributed by atoms with Gasteiger partial charge in [-0.3, -0.25) is 10.1 Å². The average molecular weight is 343 g/mol. The second kappa shape index (κ2) is 7.33. The largest absolute Gasteiger partial charge is 0.350 e. The van der Waals surface area contributed by atoms with Gasteiger partial charge in [0.15, 0.2) is 0 Å². The van der Waals surface area contributed by atoms with Crippen molar-refractivity contribution in [3.05, 3.63) is 47.2 Å². The lowest BCUT2D eigenvalue weighted by Crippen LogP contribution is -2.14. The molecule has 0 aliphatic carbocycles. The molecule has 0 fully saturated rings. The van der Waals surface area contributed by atoms with Crippen molar-refractivity contribution in [1.29, 1.82) is 0 Å². The molecular weight excluding hydrogens is 326 g/mol. The SMILES string of the molecule is CN(C)CCc1nnc(NC(=O)c2cc(-c3ccccc3)no2)s1. The smallest absolute Gasteiger partial charge is 0.296 e. The van der Waals surface area contributed by atoms with Crippen molar-refractivity contribution in [1.82, 2.24) is 20.3 Å². The van der Waals surface area contributed by atoms with Crippen LogP contribution < -0.4 is 5.32 Å². The minimum absolute atomic E-state index is 0.138. The number of hydrogen-bond acceptors (Lipinski definition) is 7. The molecule has 3 aromatic rings. The van der Waals surface area contributed by atoms with Gasteiger partial charge >= 0.3 is 0 Å². The van der Waals surface area contributed by atoms with Gasteiger partial charge in [-0.2, -0.15) is 0 Å². The number of likely N-dealkylation sites (N-methyl/N-ethyl adjacent to an activating group) is 1. The monoisotopic (exact) mass is 343 g/mol. The van der Waals surface area contributed by atoms with E-state index >= 15 is 0 Å². The Morgan fingerprint density at radius 3 is 2.79 bits per heavy atom. The number of rotatable bonds is 6. The maximum absolute atomic E-state index is 12.2. The quantitative estimate of drug-likeness (QED) is 0.740. The summed E-state index contributed by atoms with van der Waals surface area (Å²) >= 11 is 1.36. The second-order valence-electron chi connectivity index (χ2n) is 5.45. The maximum Gasteiger partial charge on any atom is 0.296 e. The third kappa shape index (κ3) is 4.03. The molecule has 124 valence electrons. The van der Waals surface area contributed by atoms with Crippen molar-refractivity contribution >= 4 is 22.4 Å². The lowest BCUT2D eigenvalue weighted by atomic mass is 10.1. The highest BCUT2D eigenvalue weighted by atomic mass is 32.1. The van der Waals surface area contributed by atoms with Gasteiger partial charge in [0.1, 0.15) is 10.7 Å². The molecule has 0 bridgehead atoms. The molecule has 8 heteroatoms. The van der Waals surface area contributed by atoms with E-state index in [9.17, 15) is 4.79 Å². The summed E-state index contributed by atoms with van der Waals surface area (Å²) in [6.07, 6.45) is 0.793. The molecule has 7 nitrogen and oxygen atoms in total. The Morgan fingerprint density at radius 1 is 1.25 bits per heavy atom. The number of nitrogens with zero attached hydrogens (tertiary/aromatic N) is 4. The Hall–Kier alpha value is -2.58. The number of carbonyl (C=O) groups is 1. The number of anilines is 1. The van der Waals surface area contributed by atoms with Crippen LogP contribution in [-0.4, -0.2) is 46.8 Å². The third-order valence-electron chi connectivity index (χ3n) is 3.26. The topological polar surface area (TPSA) is 84.2 Å². The Kier molecular flexibility index (Phi) is 4.97. The summed E-state index contributed by atoms with van der Waals surface area (Å²) in [6, 6.07) is 11.1. The first kappa shape index (κ1) is 16.3. The van der Waals surface area contributed by atoms with E-state index in [-0.39, 0.29) is 11.7 Å². The average Bonchev–Trinajstić information content (AvgIpc) is 3.23. The summed E-state index contributed by atoms with van der Waals surface area (Å²) in [5.41, 5.74) is 1.51.